The number of hydroxylamine groups is 1. The Morgan fingerprint density at radius 3 is 2.53 bits per heavy atom. The predicted octanol–water partition coefficient (Wildman–Crippen LogP) is 4.00. The topological polar surface area (TPSA) is 30.5 Å². The van der Waals surface area contributed by atoms with E-state index in [4.69, 9.17) is 9.57 Å². The summed E-state index contributed by atoms with van der Waals surface area (Å²) in [5.74, 6) is 0.939. The van der Waals surface area contributed by atoms with E-state index in [0.29, 0.717) is 6.10 Å². The van der Waals surface area contributed by atoms with E-state index in [1.165, 1.54) is 31.2 Å². The lowest BCUT2D eigenvalue weighted by Crippen LogP contribution is -2.24. The highest BCUT2D eigenvalue weighted by atomic mass is 16.7. The SMILES string of the molecule is CCCOc1ccc(C(C)NOC2CCCC2)cc1. The number of benzene rings is 1. The highest BCUT2D eigenvalue weighted by Crippen LogP contribution is 2.22. The second-order valence-electron chi connectivity index (χ2n) is 5.28. The minimum atomic E-state index is 0.209. The number of nitrogens with one attached hydrogen (secondary N) is 1. The lowest BCUT2D eigenvalue weighted by atomic mass is 10.1. The molecule has 2 rings (SSSR count). The zero-order valence-electron chi connectivity index (χ0n) is 12.0. The normalized spacial score (nSPS) is 17.6. The van der Waals surface area contributed by atoms with Gasteiger partial charge in [-0.25, -0.2) is 0 Å². The molecule has 1 N–H and O–H groups in total. The van der Waals surface area contributed by atoms with Crippen molar-refractivity contribution >= 4 is 0 Å². The summed E-state index contributed by atoms with van der Waals surface area (Å²) in [6.45, 7) is 5.01. The maximum atomic E-state index is 5.73. The van der Waals surface area contributed by atoms with Crippen molar-refractivity contribution in [3.8, 4) is 5.75 Å². The summed E-state index contributed by atoms with van der Waals surface area (Å²) in [4.78, 5) is 5.73. The van der Waals surface area contributed by atoms with Crippen molar-refractivity contribution in [3.63, 3.8) is 0 Å². The van der Waals surface area contributed by atoms with Gasteiger partial charge in [-0.2, -0.15) is 5.48 Å². The van der Waals surface area contributed by atoms with Crippen LogP contribution in [0, 0.1) is 0 Å². The smallest absolute Gasteiger partial charge is 0.119 e. The summed E-state index contributed by atoms with van der Waals surface area (Å²) in [5.41, 5.74) is 4.39. The number of hydrogen-bond donors (Lipinski definition) is 1. The molecule has 0 saturated heterocycles. The minimum Gasteiger partial charge on any atom is -0.494 e. The molecule has 106 valence electrons. The first-order valence-electron chi connectivity index (χ1n) is 7.43. The van der Waals surface area contributed by atoms with Crippen molar-refractivity contribution in [3.05, 3.63) is 29.8 Å². The first-order valence-corrected chi connectivity index (χ1v) is 7.43. The van der Waals surface area contributed by atoms with Gasteiger partial charge in [0, 0.05) is 0 Å². The van der Waals surface area contributed by atoms with Crippen LogP contribution in [0.4, 0.5) is 0 Å². The van der Waals surface area contributed by atoms with E-state index < -0.39 is 0 Å². The average molecular weight is 263 g/mol. The molecule has 1 unspecified atom stereocenters. The molecule has 1 fully saturated rings. The number of hydrogen-bond acceptors (Lipinski definition) is 3. The van der Waals surface area contributed by atoms with E-state index in [2.05, 4.69) is 31.5 Å². The molecule has 0 amide bonds. The van der Waals surface area contributed by atoms with Crippen LogP contribution in [0.3, 0.4) is 0 Å². The molecule has 1 saturated carbocycles. The van der Waals surface area contributed by atoms with Crippen LogP contribution >= 0.6 is 0 Å². The average Bonchev–Trinajstić information content (AvgIpc) is 2.96. The summed E-state index contributed by atoms with van der Waals surface area (Å²) in [5, 5.41) is 0. The first kappa shape index (κ1) is 14.4. The molecule has 0 bridgehead atoms. The Bertz CT molecular complexity index is 358. The zero-order valence-corrected chi connectivity index (χ0v) is 12.0. The van der Waals surface area contributed by atoms with Gasteiger partial charge in [-0.15, -0.1) is 0 Å². The molecule has 1 aromatic carbocycles. The van der Waals surface area contributed by atoms with Gasteiger partial charge >= 0.3 is 0 Å². The third-order valence-corrected chi connectivity index (χ3v) is 3.57. The lowest BCUT2D eigenvalue weighted by molar-refractivity contribution is -0.0376. The van der Waals surface area contributed by atoms with Gasteiger partial charge in [0.25, 0.3) is 0 Å². The second kappa shape index (κ2) is 7.51. The third kappa shape index (κ3) is 4.51. The first-order chi connectivity index (χ1) is 9.29. The van der Waals surface area contributed by atoms with Gasteiger partial charge in [-0.05, 0) is 43.9 Å². The van der Waals surface area contributed by atoms with Gasteiger partial charge in [-0.1, -0.05) is 31.9 Å². The lowest BCUT2D eigenvalue weighted by Gasteiger charge is -2.18. The van der Waals surface area contributed by atoms with Gasteiger partial charge in [0.1, 0.15) is 5.75 Å². The summed E-state index contributed by atoms with van der Waals surface area (Å²) in [6.07, 6.45) is 6.39. The maximum Gasteiger partial charge on any atom is 0.119 e. The summed E-state index contributed by atoms with van der Waals surface area (Å²) < 4.78 is 5.58. The Morgan fingerprint density at radius 2 is 1.89 bits per heavy atom. The Balaban J connectivity index is 1.79. The van der Waals surface area contributed by atoms with Crippen LogP contribution in [0.25, 0.3) is 0 Å². The third-order valence-electron chi connectivity index (χ3n) is 3.57. The molecule has 1 aliphatic carbocycles. The van der Waals surface area contributed by atoms with Crippen LogP contribution in [0.5, 0.6) is 5.75 Å². The Kier molecular flexibility index (Phi) is 5.67. The number of rotatable bonds is 7. The van der Waals surface area contributed by atoms with Gasteiger partial charge in [0.2, 0.25) is 0 Å². The summed E-state index contributed by atoms with van der Waals surface area (Å²) in [7, 11) is 0. The van der Waals surface area contributed by atoms with Gasteiger partial charge in [0.15, 0.2) is 0 Å². The largest absolute Gasteiger partial charge is 0.494 e. The zero-order chi connectivity index (χ0) is 13.5. The van der Waals surface area contributed by atoms with Crippen LogP contribution in [0.1, 0.15) is 57.6 Å². The molecule has 0 aliphatic heterocycles. The minimum absolute atomic E-state index is 0.209. The van der Waals surface area contributed by atoms with Crippen LogP contribution in [0.2, 0.25) is 0 Å². The maximum absolute atomic E-state index is 5.73. The molecule has 3 nitrogen and oxygen atoms in total. The standard InChI is InChI=1S/C16H25NO2/c1-3-12-18-15-10-8-14(9-11-15)13(2)17-19-16-6-4-5-7-16/h8-11,13,16-17H,3-7,12H2,1-2H3. The second-order valence-corrected chi connectivity index (χ2v) is 5.28. The van der Waals surface area contributed by atoms with E-state index in [9.17, 15) is 0 Å². The van der Waals surface area contributed by atoms with Crippen molar-refractivity contribution in [1.29, 1.82) is 0 Å². The van der Waals surface area contributed by atoms with Gasteiger partial charge in [-0.3, -0.25) is 4.84 Å². The highest BCUT2D eigenvalue weighted by Gasteiger charge is 2.16. The van der Waals surface area contributed by atoms with Crippen molar-refractivity contribution in [1.82, 2.24) is 5.48 Å². The molecule has 0 spiro atoms. The fraction of sp³-hybridized carbons (Fsp3) is 0.625. The molecule has 0 aromatic heterocycles. The van der Waals surface area contributed by atoms with Gasteiger partial charge in [0.05, 0.1) is 18.8 Å². The van der Waals surface area contributed by atoms with E-state index in [0.717, 1.165) is 18.8 Å². The molecule has 0 radical (unpaired) electrons. The monoisotopic (exact) mass is 263 g/mol. The molecule has 1 aliphatic rings. The summed E-state index contributed by atoms with van der Waals surface area (Å²) >= 11 is 0. The molecular formula is C16H25NO2. The molecule has 3 heteroatoms. The molecular weight excluding hydrogens is 238 g/mol. The predicted molar refractivity (Wildman–Crippen MR) is 77.1 cm³/mol. The van der Waals surface area contributed by atoms with Gasteiger partial charge < -0.3 is 4.74 Å². The van der Waals surface area contributed by atoms with E-state index in [1.54, 1.807) is 0 Å². The molecule has 1 atom stereocenters. The van der Waals surface area contributed by atoms with E-state index in [1.807, 2.05) is 12.1 Å². The van der Waals surface area contributed by atoms with Crippen molar-refractivity contribution in [2.75, 3.05) is 6.61 Å². The Hall–Kier alpha value is -1.06. The molecule has 0 heterocycles. The van der Waals surface area contributed by atoms with E-state index in [-0.39, 0.29) is 6.04 Å². The van der Waals surface area contributed by atoms with Crippen LogP contribution in [0.15, 0.2) is 24.3 Å². The number of ether oxygens (including phenoxy) is 1. The van der Waals surface area contributed by atoms with Crippen LogP contribution in [-0.4, -0.2) is 12.7 Å². The Morgan fingerprint density at radius 1 is 1.21 bits per heavy atom. The fourth-order valence-electron chi connectivity index (χ4n) is 2.35. The van der Waals surface area contributed by atoms with Crippen LogP contribution in [-0.2, 0) is 4.84 Å². The van der Waals surface area contributed by atoms with Crippen molar-refractivity contribution < 1.29 is 9.57 Å². The fourth-order valence-corrected chi connectivity index (χ4v) is 2.35. The quantitative estimate of drug-likeness (QED) is 0.754. The molecule has 1 aromatic rings. The molecule has 19 heavy (non-hydrogen) atoms. The van der Waals surface area contributed by atoms with Crippen molar-refractivity contribution in [2.24, 2.45) is 0 Å². The van der Waals surface area contributed by atoms with Crippen LogP contribution < -0.4 is 10.2 Å². The Labute approximate surface area is 116 Å². The highest BCUT2D eigenvalue weighted by molar-refractivity contribution is 5.28. The van der Waals surface area contributed by atoms with Crippen molar-refractivity contribution in [2.45, 2.75) is 58.1 Å². The van der Waals surface area contributed by atoms with E-state index >= 15 is 0 Å². The summed E-state index contributed by atoms with van der Waals surface area (Å²) in [6, 6.07) is 8.46.